The summed E-state index contributed by atoms with van der Waals surface area (Å²) in [6.07, 6.45) is 3.14. The summed E-state index contributed by atoms with van der Waals surface area (Å²) >= 11 is 4.39. The summed E-state index contributed by atoms with van der Waals surface area (Å²) < 4.78 is 16.3. The van der Waals surface area contributed by atoms with Crippen LogP contribution in [0.25, 0.3) is 0 Å². The maximum atomic E-state index is 11.7. The van der Waals surface area contributed by atoms with Crippen molar-refractivity contribution in [2.75, 3.05) is 13.2 Å². The summed E-state index contributed by atoms with van der Waals surface area (Å²) in [6.45, 7) is 8.56. The largest absolute Gasteiger partial charge is 0.564 e. The Kier molecular flexibility index (Phi) is 9.81. The van der Waals surface area contributed by atoms with E-state index < -0.39 is 8.80 Å². The molecule has 0 N–H and O–H groups in total. The van der Waals surface area contributed by atoms with Crippen LogP contribution in [-0.2, 0) is 18.1 Å². The molecular weight excluding hydrogens is 268 g/mol. The lowest BCUT2D eigenvalue weighted by atomic mass is 10.1. The van der Waals surface area contributed by atoms with Crippen molar-refractivity contribution in [2.24, 2.45) is 0 Å². The zero-order valence-electron chi connectivity index (χ0n) is 11.9. The van der Waals surface area contributed by atoms with Crippen molar-refractivity contribution in [3.05, 3.63) is 0 Å². The van der Waals surface area contributed by atoms with Crippen LogP contribution in [0.3, 0.4) is 0 Å². The molecule has 0 heterocycles. The van der Waals surface area contributed by atoms with Crippen molar-refractivity contribution in [3.63, 3.8) is 0 Å². The van der Waals surface area contributed by atoms with Gasteiger partial charge in [0.25, 0.3) is 5.97 Å². The number of thiol groups is 1. The fourth-order valence-corrected chi connectivity index (χ4v) is 3.52. The molecule has 0 saturated carbocycles. The van der Waals surface area contributed by atoms with Gasteiger partial charge in [-0.25, -0.2) is 0 Å². The summed E-state index contributed by atoms with van der Waals surface area (Å²) in [5.41, 5.74) is 0. The van der Waals surface area contributed by atoms with E-state index in [2.05, 4.69) is 19.6 Å². The molecule has 0 aliphatic carbocycles. The first-order valence-electron chi connectivity index (χ1n) is 6.65. The fraction of sp³-hybridized carbons (Fsp3) is 0.917. The van der Waals surface area contributed by atoms with Crippen LogP contribution in [0.15, 0.2) is 0 Å². The van der Waals surface area contributed by atoms with Gasteiger partial charge in [-0.05, 0) is 33.1 Å². The molecule has 0 aliphatic heterocycles. The van der Waals surface area contributed by atoms with Gasteiger partial charge in [-0.3, -0.25) is 4.79 Å². The standard InChI is InChI=1S/C12H26O4SSi/c1-5-11(17)9-8-10-12(13)16-18(4,14-6-2)15-7-3/h11,17H,5-10H2,1-4H3. The van der Waals surface area contributed by atoms with Gasteiger partial charge in [0.1, 0.15) is 0 Å². The highest BCUT2D eigenvalue weighted by Gasteiger charge is 2.38. The lowest BCUT2D eigenvalue weighted by Gasteiger charge is -2.24. The molecular formula is C12H26O4SSi. The highest BCUT2D eigenvalue weighted by atomic mass is 32.1. The van der Waals surface area contributed by atoms with E-state index >= 15 is 0 Å². The Morgan fingerprint density at radius 3 is 2.22 bits per heavy atom. The first-order chi connectivity index (χ1) is 8.47. The second kappa shape index (κ2) is 9.83. The van der Waals surface area contributed by atoms with Crippen molar-refractivity contribution in [1.82, 2.24) is 0 Å². The number of hydrogen-bond acceptors (Lipinski definition) is 5. The Hall–Kier alpha value is -0.0431. The van der Waals surface area contributed by atoms with Crippen LogP contribution in [-0.4, -0.2) is 33.2 Å². The van der Waals surface area contributed by atoms with Crippen LogP contribution in [0.1, 0.15) is 46.5 Å². The topological polar surface area (TPSA) is 44.8 Å². The SMILES string of the molecule is CCO[Si](C)(OCC)OC(=O)CCCC(S)CC. The molecule has 0 aromatic carbocycles. The van der Waals surface area contributed by atoms with Gasteiger partial charge in [0.15, 0.2) is 0 Å². The van der Waals surface area contributed by atoms with Crippen molar-refractivity contribution >= 4 is 27.4 Å². The van der Waals surface area contributed by atoms with Crippen LogP contribution < -0.4 is 0 Å². The molecule has 0 saturated heterocycles. The van der Waals surface area contributed by atoms with Crippen LogP contribution in [0.4, 0.5) is 0 Å². The number of rotatable bonds is 10. The van der Waals surface area contributed by atoms with Gasteiger partial charge in [-0.2, -0.15) is 12.6 Å². The van der Waals surface area contributed by atoms with Gasteiger partial charge < -0.3 is 13.3 Å². The van der Waals surface area contributed by atoms with Crippen LogP contribution >= 0.6 is 12.6 Å². The molecule has 0 fully saturated rings. The normalized spacial score (nSPS) is 13.4. The number of carbonyl (C=O) groups excluding carboxylic acids is 1. The van der Waals surface area contributed by atoms with Gasteiger partial charge in [0.2, 0.25) is 0 Å². The fourth-order valence-electron chi connectivity index (χ4n) is 1.57. The van der Waals surface area contributed by atoms with E-state index in [1.54, 1.807) is 6.55 Å². The summed E-state index contributed by atoms with van der Waals surface area (Å²) in [5.74, 6) is -0.234. The molecule has 0 spiro atoms. The van der Waals surface area contributed by atoms with Gasteiger partial charge in [0, 0.05) is 31.4 Å². The predicted octanol–water partition coefficient (Wildman–Crippen LogP) is 3.05. The smallest absolute Gasteiger partial charge is 0.473 e. The van der Waals surface area contributed by atoms with Crippen LogP contribution in [0, 0.1) is 0 Å². The minimum Gasteiger partial charge on any atom is -0.473 e. The van der Waals surface area contributed by atoms with Gasteiger partial charge in [-0.1, -0.05) is 6.92 Å². The third-order valence-electron chi connectivity index (χ3n) is 2.50. The summed E-state index contributed by atoms with van der Waals surface area (Å²) in [7, 11) is -2.77. The Morgan fingerprint density at radius 1 is 1.22 bits per heavy atom. The Bertz CT molecular complexity index is 232. The van der Waals surface area contributed by atoms with E-state index in [4.69, 9.17) is 13.3 Å². The predicted molar refractivity (Wildman–Crippen MR) is 77.9 cm³/mol. The zero-order valence-corrected chi connectivity index (χ0v) is 13.8. The van der Waals surface area contributed by atoms with Gasteiger partial charge in [0.05, 0.1) is 0 Å². The number of carbonyl (C=O) groups is 1. The summed E-state index contributed by atoms with van der Waals surface area (Å²) in [6, 6.07) is 0. The lowest BCUT2D eigenvalue weighted by molar-refractivity contribution is -0.139. The maximum Gasteiger partial charge on any atom is 0.564 e. The van der Waals surface area contributed by atoms with E-state index in [0.29, 0.717) is 24.9 Å². The molecule has 0 rings (SSSR count). The first-order valence-corrected chi connectivity index (χ1v) is 9.39. The molecule has 0 radical (unpaired) electrons. The van der Waals surface area contributed by atoms with Crippen LogP contribution in [0.5, 0.6) is 0 Å². The molecule has 0 aromatic heterocycles. The van der Waals surface area contributed by atoms with Gasteiger partial charge >= 0.3 is 8.80 Å². The average Bonchev–Trinajstić information content (AvgIpc) is 2.28. The second-order valence-corrected chi connectivity index (χ2v) is 7.39. The molecule has 4 nitrogen and oxygen atoms in total. The molecule has 0 aliphatic rings. The highest BCUT2D eigenvalue weighted by Crippen LogP contribution is 2.14. The van der Waals surface area contributed by atoms with Crippen LogP contribution in [0.2, 0.25) is 6.55 Å². The van der Waals surface area contributed by atoms with Crippen molar-refractivity contribution in [2.45, 2.75) is 58.3 Å². The monoisotopic (exact) mass is 294 g/mol. The molecule has 18 heavy (non-hydrogen) atoms. The molecule has 0 aromatic rings. The average molecular weight is 294 g/mol. The minimum atomic E-state index is -2.77. The third-order valence-corrected chi connectivity index (χ3v) is 5.35. The molecule has 0 amide bonds. The molecule has 1 unspecified atom stereocenters. The lowest BCUT2D eigenvalue weighted by Crippen LogP contribution is -2.44. The first kappa shape index (κ1) is 18.0. The molecule has 0 bridgehead atoms. The molecule has 1 atom stereocenters. The van der Waals surface area contributed by atoms with Crippen molar-refractivity contribution < 1.29 is 18.1 Å². The summed E-state index contributed by atoms with van der Waals surface area (Å²) in [5, 5.41) is 0.361. The van der Waals surface area contributed by atoms with E-state index in [1.165, 1.54) is 0 Å². The van der Waals surface area contributed by atoms with E-state index in [1.807, 2.05) is 13.8 Å². The quantitative estimate of drug-likeness (QED) is 0.497. The van der Waals surface area contributed by atoms with E-state index in [9.17, 15) is 4.79 Å². The van der Waals surface area contributed by atoms with Crippen molar-refractivity contribution in [3.8, 4) is 0 Å². The van der Waals surface area contributed by atoms with Crippen molar-refractivity contribution in [1.29, 1.82) is 0 Å². The maximum absolute atomic E-state index is 11.7. The summed E-state index contributed by atoms with van der Waals surface area (Å²) in [4.78, 5) is 11.7. The van der Waals surface area contributed by atoms with E-state index in [-0.39, 0.29) is 5.97 Å². The van der Waals surface area contributed by atoms with E-state index in [0.717, 1.165) is 19.3 Å². The Labute approximate surface area is 117 Å². The van der Waals surface area contributed by atoms with Gasteiger partial charge in [-0.15, -0.1) is 0 Å². The highest BCUT2D eigenvalue weighted by molar-refractivity contribution is 7.80. The zero-order chi connectivity index (χ0) is 14.0. The minimum absolute atomic E-state index is 0.234. The third kappa shape index (κ3) is 8.13. The molecule has 108 valence electrons. The Morgan fingerprint density at radius 2 is 1.78 bits per heavy atom. The second-order valence-electron chi connectivity index (χ2n) is 4.16. The number of hydrogen-bond donors (Lipinski definition) is 1. The molecule has 6 heteroatoms. The Balaban J connectivity index is 4.02.